The highest BCUT2D eigenvalue weighted by atomic mass is 35.5. The number of benzene rings is 7. The lowest BCUT2D eigenvalue weighted by Crippen LogP contribution is -2.39. The number of ether oxygens (including phenoxy) is 1. The van der Waals surface area contributed by atoms with Gasteiger partial charge in [0.25, 0.3) is 0 Å². The molecule has 5 aliphatic heterocycles. The first-order chi connectivity index (χ1) is 60.7. The van der Waals surface area contributed by atoms with Crippen LogP contribution in [0.25, 0.3) is 30.4 Å². The van der Waals surface area contributed by atoms with Gasteiger partial charge in [0, 0.05) is 109 Å². The van der Waals surface area contributed by atoms with E-state index in [-0.39, 0.29) is 114 Å². The molecule has 5 aliphatic rings. The molecule has 1 atom stereocenters. The number of carbonyl (C=O) groups is 8. The van der Waals surface area contributed by atoms with Gasteiger partial charge in [-0.2, -0.15) is 13.2 Å². The van der Waals surface area contributed by atoms with E-state index < -0.39 is 11.7 Å². The van der Waals surface area contributed by atoms with E-state index in [9.17, 15) is 51.5 Å². The van der Waals surface area contributed by atoms with Crippen molar-refractivity contribution < 1.29 is 56.3 Å². The van der Waals surface area contributed by atoms with Gasteiger partial charge in [-0.15, -0.1) is 62.0 Å². The molecule has 0 saturated carbocycles. The fourth-order valence-electron chi connectivity index (χ4n) is 15.7. The van der Waals surface area contributed by atoms with E-state index in [1.165, 1.54) is 48.6 Å². The van der Waals surface area contributed by atoms with Crippen LogP contribution in [0.5, 0.6) is 5.75 Å². The molecule has 131 heavy (non-hydrogen) atoms. The molecule has 14 nitrogen and oxygen atoms in total. The van der Waals surface area contributed by atoms with E-state index in [2.05, 4.69) is 86.0 Å². The Balaban J connectivity index is 0.000000421. The predicted octanol–water partition coefficient (Wildman–Crippen LogP) is 25.0. The van der Waals surface area contributed by atoms with Crippen molar-refractivity contribution in [3.8, 4) is 5.75 Å². The number of ketones is 8. The van der Waals surface area contributed by atoms with E-state index in [0.717, 1.165) is 215 Å². The Bertz CT molecular complexity index is 4570. The predicted molar refractivity (Wildman–Crippen MR) is 545 cm³/mol. The van der Waals surface area contributed by atoms with Gasteiger partial charge in [0.05, 0.1) is 12.2 Å². The molecular formula is C105H131Cl9F3N5O9. The van der Waals surface area contributed by atoms with Crippen LogP contribution in [0.2, 0.25) is 20.1 Å². The number of rotatable bonds is 36. The van der Waals surface area contributed by atoms with Gasteiger partial charge in [-0.05, 0) is 311 Å². The van der Waals surface area contributed by atoms with Crippen LogP contribution in [-0.2, 0) is 57.4 Å². The highest BCUT2D eigenvalue weighted by molar-refractivity contribution is 6.35. The van der Waals surface area contributed by atoms with Crippen LogP contribution in [0.15, 0.2) is 206 Å². The van der Waals surface area contributed by atoms with Gasteiger partial charge in [0.15, 0.2) is 28.9 Å². The van der Waals surface area contributed by atoms with Crippen molar-refractivity contribution in [1.82, 2.24) is 24.5 Å². The van der Waals surface area contributed by atoms with Gasteiger partial charge in [0.2, 0.25) is 0 Å². The number of nitrogens with zero attached hydrogens (tertiary/aromatic N) is 5. The summed E-state index contributed by atoms with van der Waals surface area (Å²) in [4.78, 5) is 106. The van der Waals surface area contributed by atoms with Gasteiger partial charge >= 0.3 is 6.18 Å². The zero-order chi connectivity index (χ0) is 90.4. The third kappa shape index (κ3) is 48.1. The Morgan fingerprint density at radius 1 is 0.374 bits per heavy atom. The summed E-state index contributed by atoms with van der Waals surface area (Å²) in [6.45, 7) is 21.4. The monoisotopic (exact) mass is 1980 g/mol. The molecule has 0 bridgehead atoms. The van der Waals surface area contributed by atoms with Gasteiger partial charge in [-0.3, -0.25) is 38.4 Å². The average molecular weight is 1980 g/mol. The van der Waals surface area contributed by atoms with E-state index in [0.29, 0.717) is 81.8 Å². The summed E-state index contributed by atoms with van der Waals surface area (Å²) < 4.78 is 43.4. The highest BCUT2D eigenvalue weighted by Gasteiger charge is 2.31. The van der Waals surface area contributed by atoms with Crippen LogP contribution >= 0.6 is 108 Å². The van der Waals surface area contributed by atoms with Crippen LogP contribution in [0.1, 0.15) is 181 Å². The first-order valence-corrected chi connectivity index (χ1v) is 46.3. The van der Waals surface area contributed by atoms with Crippen LogP contribution in [0.3, 0.4) is 0 Å². The minimum atomic E-state index is -4.34. The standard InChI is InChI=1S/C27H35NO2.C24H26F3NO.C18H21Cl2NO2.2C18H22ClNO2.5ClH/c1-2-3-21-30-27-13-10-23(11-14-27)9-12-26(29)17-20-28-18-15-25(16-19-28)22-24-7-5-4-6-8-24;25-24(26,27)22-9-6-19(7-10-22)8-11-23(29)14-17-28-15-12-21(13-16-28)18-20-4-2-1-3-5-20;1-13(22)15-3-2-9-21(12-15)10-8-17(23)7-5-14-4-6-16(19)11-18(14)20;2*1-14(21)16-8-11-20(12-9-16)13-10-18(22)7-4-15-2-5-17(19)6-3-15;;;;;/h4-14,25H,2-3,15-22H2,1H3;1-11,21H,12-18H2;4-7,11,15H,2-3,8-10,12H2,1H3;2*2-7,16H,8-13H2,1H3;5*1H/b12-9+;11-8+;7-5+;2*7-4+;;;;;. The number of hydrogen-bond acceptors (Lipinski definition) is 14. The van der Waals surface area contributed by atoms with Crippen LogP contribution in [-0.4, -0.2) is 176 Å². The van der Waals surface area contributed by atoms with E-state index >= 15 is 0 Å². The van der Waals surface area contributed by atoms with E-state index in [1.807, 2.05) is 97.1 Å². The summed E-state index contributed by atoms with van der Waals surface area (Å²) in [5, 5.41) is 2.49. The molecule has 5 fully saturated rings. The Morgan fingerprint density at radius 3 is 1.03 bits per heavy atom. The fourth-order valence-corrected chi connectivity index (χ4v) is 16.4. The molecular weight excluding hydrogens is 1850 g/mol. The minimum Gasteiger partial charge on any atom is -0.494 e. The molecule has 7 aromatic rings. The first kappa shape index (κ1) is 118. The number of hydrogen-bond donors (Lipinski definition) is 0. The number of carbonyl (C=O) groups excluding carboxylic acids is 8. The molecule has 0 N–H and O–H groups in total. The van der Waals surface area contributed by atoms with Crippen molar-refractivity contribution in [2.24, 2.45) is 29.6 Å². The molecule has 7 aromatic carbocycles. The van der Waals surface area contributed by atoms with E-state index in [4.69, 9.17) is 51.1 Å². The molecule has 5 saturated heterocycles. The lowest BCUT2D eigenvalue weighted by molar-refractivity contribution is -0.137. The molecule has 12 rings (SSSR count). The maximum absolute atomic E-state index is 12.6. The summed E-state index contributed by atoms with van der Waals surface area (Å²) in [6, 6.07) is 54.1. The molecule has 0 spiro atoms. The number of Topliss-reactive ketones (excluding diaryl/α,β-unsaturated/α-hetero) is 3. The number of halogens is 12. The summed E-state index contributed by atoms with van der Waals surface area (Å²) >= 11 is 23.6. The van der Waals surface area contributed by atoms with Crippen molar-refractivity contribution in [1.29, 1.82) is 0 Å². The van der Waals surface area contributed by atoms with Crippen LogP contribution < -0.4 is 4.74 Å². The van der Waals surface area contributed by atoms with Gasteiger partial charge < -0.3 is 29.2 Å². The van der Waals surface area contributed by atoms with Gasteiger partial charge in [0.1, 0.15) is 23.1 Å². The third-order valence-electron chi connectivity index (χ3n) is 23.8. The largest absolute Gasteiger partial charge is 0.494 e. The summed E-state index contributed by atoms with van der Waals surface area (Å²) in [6.07, 6.45) is 29.9. The molecule has 0 aromatic heterocycles. The second kappa shape index (κ2) is 65.3. The van der Waals surface area contributed by atoms with Crippen molar-refractivity contribution in [3.05, 3.63) is 271 Å². The SMILES string of the molecule is CC(=O)C1CCCN(CCC(=O)/C=C/c2ccc(Cl)cc2Cl)C1.CC(=O)C1CCN(CCC(=O)/C=C/c2ccc(Cl)cc2)CC1.CC(=O)C1CCN(CCC(=O)/C=C/c2ccc(Cl)cc2)CC1.CCCCOc1ccc(/C=C/C(=O)CCN2CCC(Cc3ccccc3)CC2)cc1.Cl.Cl.Cl.Cl.Cl.O=C(/C=C/c1ccc(C(F)(F)F)cc1)CCN1CCC(Cc2ccccc2)CC1. The summed E-state index contributed by atoms with van der Waals surface area (Å²) in [7, 11) is 0. The maximum Gasteiger partial charge on any atom is 0.416 e. The molecule has 5 heterocycles. The second-order valence-corrected chi connectivity index (χ2v) is 35.3. The molecule has 714 valence electrons. The highest BCUT2D eigenvalue weighted by Crippen LogP contribution is 2.31. The summed E-state index contributed by atoms with van der Waals surface area (Å²) in [5.74, 6) is 4.27. The number of likely N-dealkylation sites (tertiary alicyclic amines) is 5. The number of allylic oxidation sites excluding steroid dienone is 5. The third-order valence-corrected chi connectivity index (χ3v) is 24.9. The Morgan fingerprint density at radius 2 is 0.695 bits per heavy atom. The lowest BCUT2D eigenvalue weighted by Gasteiger charge is -2.31. The van der Waals surface area contributed by atoms with Crippen molar-refractivity contribution in [2.75, 3.05) is 105 Å². The molecule has 0 aliphatic carbocycles. The smallest absolute Gasteiger partial charge is 0.416 e. The van der Waals surface area contributed by atoms with Gasteiger partial charge in [-0.1, -0.05) is 199 Å². The first-order valence-electron chi connectivity index (χ1n) is 44.8. The quantitative estimate of drug-likeness (QED) is 0.0269. The van der Waals surface area contributed by atoms with Crippen molar-refractivity contribution in [2.45, 2.75) is 156 Å². The fraction of sp³-hybridized carbons (Fsp3) is 0.429. The normalized spacial score (nSPS) is 16.3. The Kier molecular flexibility index (Phi) is 58.7. The molecule has 0 radical (unpaired) electrons. The van der Waals surface area contributed by atoms with Crippen LogP contribution in [0.4, 0.5) is 13.2 Å². The lowest BCUT2D eigenvalue weighted by atomic mass is 9.90. The Labute approximate surface area is 826 Å². The number of alkyl halides is 3. The molecule has 26 heteroatoms. The van der Waals surface area contributed by atoms with Crippen molar-refractivity contribution in [3.63, 3.8) is 0 Å². The minimum absolute atomic E-state index is 0. The van der Waals surface area contributed by atoms with Gasteiger partial charge in [-0.25, -0.2) is 0 Å². The maximum atomic E-state index is 12.6. The summed E-state index contributed by atoms with van der Waals surface area (Å²) in [5.41, 5.74) is 6.49. The van der Waals surface area contributed by atoms with Crippen LogP contribution in [0, 0.1) is 29.6 Å². The van der Waals surface area contributed by atoms with Crippen molar-refractivity contribution >= 4 is 185 Å². The number of unbranched alkanes of at least 4 members (excludes halogenated alkanes) is 1. The average Bonchev–Trinajstić information content (AvgIpc) is 0.858. The number of piperidine rings is 5. The van der Waals surface area contributed by atoms with E-state index in [1.54, 1.807) is 75.4 Å². The molecule has 1 unspecified atom stereocenters. The zero-order valence-corrected chi connectivity index (χ0v) is 82.9. The Hall–Kier alpha value is -7.40. The topological polar surface area (TPSA) is 162 Å². The second-order valence-electron chi connectivity index (χ2n) is 33.6. The zero-order valence-electron chi connectivity index (χ0n) is 75.7. The molecule has 0 amide bonds.